The van der Waals surface area contributed by atoms with E-state index in [1.165, 1.54) is 14.2 Å². The van der Waals surface area contributed by atoms with Crippen LogP contribution in [0.4, 0.5) is 0 Å². The van der Waals surface area contributed by atoms with Gasteiger partial charge in [0, 0.05) is 14.2 Å². The van der Waals surface area contributed by atoms with Crippen molar-refractivity contribution < 1.29 is 19.0 Å². The molecule has 0 amide bonds. The molecule has 0 aromatic carbocycles. The zero-order valence-electron chi connectivity index (χ0n) is 8.44. The molecule has 0 bridgehead atoms. The van der Waals surface area contributed by atoms with Crippen molar-refractivity contribution in [1.29, 1.82) is 0 Å². The van der Waals surface area contributed by atoms with Gasteiger partial charge in [-0.1, -0.05) is 0 Å². The van der Waals surface area contributed by atoms with Crippen molar-refractivity contribution >= 4 is 5.78 Å². The summed E-state index contributed by atoms with van der Waals surface area (Å²) in [5.41, 5.74) is 0. The third-order valence-corrected chi connectivity index (χ3v) is 2.35. The van der Waals surface area contributed by atoms with Gasteiger partial charge < -0.3 is 14.2 Å². The zero-order chi connectivity index (χ0) is 10.0. The van der Waals surface area contributed by atoms with E-state index >= 15 is 0 Å². The second-order valence-corrected chi connectivity index (χ2v) is 3.26. The number of rotatable bonds is 2. The molecule has 0 aliphatic carbocycles. The van der Waals surface area contributed by atoms with E-state index in [0.29, 0.717) is 0 Å². The molecule has 4 heteroatoms. The Morgan fingerprint density at radius 3 is 1.77 bits per heavy atom. The van der Waals surface area contributed by atoms with Crippen LogP contribution in [0.15, 0.2) is 0 Å². The average molecular weight is 188 g/mol. The Bertz CT molecular complexity index is 174. The molecule has 76 valence electrons. The fraction of sp³-hybridized carbons (Fsp3) is 0.889. The second-order valence-electron chi connectivity index (χ2n) is 3.26. The average Bonchev–Trinajstić information content (AvgIpc) is 2.04. The lowest BCUT2D eigenvalue weighted by Crippen LogP contribution is -2.54. The maximum absolute atomic E-state index is 11.7. The summed E-state index contributed by atoms with van der Waals surface area (Å²) in [5.74, 6) is -0.0312. The third kappa shape index (κ3) is 1.90. The Morgan fingerprint density at radius 1 is 1.08 bits per heavy atom. The quantitative estimate of drug-likeness (QED) is 0.629. The van der Waals surface area contributed by atoms with E-state index in [4.69, 9.17) is 14.2 Å². The highest BCUT2D eigenvalue weighted by molar-refractivity contribution is 5.89. The predicted octanol–water partition coefficient (Wildman–Crippen LogP) is 0.393. The summed E-state index contributed by atoms with van der Waals surface area (Å²) in [5, 5.41) is 0. The molecule has 1 aliphatic rings. The van der Waals surface area contributed by atoms with Crippen LogP contribution in [0.5, 0.6) is 0 Å². The monoisotopic (exact) mass is 188 g/mol. The molecule has 1 aliphatic heterocycles. The van der Waals surface area contributed by atoms with Crippen LogP contribution in [0.25, 0.3) is 0 Å². The SMILES string of the molecule is COC1C(=O)[C@@H](OC)[C@H](C)O[C@H]1C. The standard InChI is InChI=1S/C9H16O4/c1-5-8(11-3)7(10)9(12-4)6(2)13-5/h5-6,8-9H,1-4H3/t5-,6-,8-,9?/m0/s1. The van der Waals surface area contributed by atoms with Crippen molar-refractivity contribution in [1.82, 2.24) is 0 Å². The highest BCUT2D eigenvalue weighted by Crippen LogP contribution is 2.20. The fourth-order valence-corrected chi connectivity index (χ4v) is 1.72. The molecule has 0 N–H and O–H groups in total. The van der Waals surface area contributed by atoms with E-state index in [0.717, 1.165) is 0 Å². The molecular weight excluding hydrogens is 172 g/mol. The topological polar surface area (TPSA) is 44.8 Å². The van der Waals surface area contributed by atoms with E-state index in [-0.39, 0.29) is 18.0 Å². The lowest BCUT2D eigenvalue weighted by molar-refractivity contribution is -0.184. The largest absolute Gasteiger partial charge is 0.371 e. The lowest BCUT2D eigenvalue weighted by atomic mass is 9.98. The minimum atomic E-state index is -0.499. The van der Waals surface area contributed by atoms with E-state index in [9.17, 15) is 4.79 Å². The van der Waals surface area contributed by atoms with Crippen LogP contribution < -0.4 is 0 Å². The van der Waals surface area contributed by atoms with Gasteiger partial charge in [-0.05, 0) is 13.8 Å². The van der Waals surface area contributed by atoms with Crippen molar-refractivity contribution in [3.05, 3.63) is 0 Å². The number of carbonyl (C=O) groups excluding carboxylic acids is 1. The molecule has 1 fully saturated rings. The van der Waals surface area contributed by atoms with Gasteiger partial charge in [-0.25, -0.2) is 0 Å². The van der Waals surface area contributed by atoms with Gasteiger partial charge in [0.05, 0.1) is 12.2 Å². The van der Waals surface area contributed by atoms with Gasteiger partial charge in [0.2, 0.25) is 0 Å². The van der Waals surface area contributed by atoms with E-state index in [2.05, 4.69) is 0 Å². The first kappa shape index (κ1) is 10.6. The molecule has 0 spiro atoms. The molecule has 1 rings (SSSR count). The smallest absolute Gasteiger partial charge is 0.195 e. The molecule has 0 aromatic heterocycles. The number of Topliss-reactive ketones (excluding diaryl/α,β-unsaturated/α-hetero) is 1. The Hall–Kier alpha value is -0.450. The van der Waals surface area contributed by atoms with Crippen molar-refractivity contribution in [3.8, 4) is 0 Å². The molecule has 13 heavy (non-hydrogen) atoms. The summed E-state index contributed by atoms with van der Waals surface area (Å²) in [6.07, 6.45) is -1.39. The summed E-state index contributed by atoms with van der Waals surface area (Å²) in [6.45, 7) is 3.66. The first-order chi connectivity index (χ1) is 6.11. The summed E-state index contributed by atoms with van der Waals surface area (Å²) in [4.78, 5) is 11.7. The molecule has 4 nitrogen and oxygen atoms in total. The molecule has 0 radical (unpaired) electrons. The summed E-state index contributed by atoms with van der Waals surface area (Å²) >= 11 is 0. The Morgan fingerprint density at radius 2 is 1.46 bits per heavy atom. The van der Waals surface area contributed by atoms with Crippen molar-refractivity contribution in [2.75, 3.05) is 14.2 Å². The molecule has 4 atom stereocenters. The van der Waals surface area contributed by atoms with Crippen molar-refractivity contribution in [3.63, 3.8) is 0 Å². The number of carbonyl (C=O) groups is 1. The normalized spacial score (nSPS) is 40.8. The van der Waals surface area contributed by atoms with Gasteiger partial charge in [-0.3, -0.25) is 4.79 Å². The van der Waals surface area contributed by atoms with E-state index in [1.54, 1.807) is 0 Å². The molecule has 0 saturated carbocycles. The van der Waals surface area contributed by atoms with Crippen LogP contribution in [0.3, 0.4) is 0 Å². The Labute approximate surface area is 78.2 Å². The molecular formula is C9H16O4. The maximum atomic E-state index is 11.7. The molecule has 1 saturated heterocycles. The predicted molar refractivity (Wildman–Crippen MR) is 46.6 cm³/mol. The van der Waals surface area contributed by atoms with Gasteiger partial charge in [0.15, 0.2) is 5.78 Å². The van der Waals surface area contributed by atoms with Crippen LogP contribution in [0.1, 0.15) is 13.8 Å². The summed E-state index contributed by atoms with van der Waals surface area (Å²) in [7, 11) is 3.01. The summed E-state index contributed by atoms with van der Waals surface area (Å²) in [6, 6.07) is 0. The second kappa shape index (κ2) is 4.17. The molecule has 0 aromatic rings. The molecule has 1 heterocycles. The van der Waals surface area contributed by atoms with Gasteiger partial charge in [0.25, 0.3) is 0 Å². The molecule has 1 unspecified atom stereocenters. The fourth-order valence-electron chi connectivity index (χ4n) is 1.72. The van der Waals surface area contributed by atoms with Gasteiger partial charge in [0.1, 0.15) is 12.2 Å². The highest BCUT2D eigenvalue weighted by Gasteiger charge is 2.41. The van der Waals surface area contributed by atoms with E-state index < -0.39 is 12.2 Å². The van der Waals surface area contributed by atoms with Crippen molar-refractivity contribution in [2.45, 2.75) is 38.3 Å². The first-order valence-electron chi connectivity index (χ1n) is 4.36. The van der Waals surface area contributed by atoms with Crippen LogP contribution in [0.2, 0.25) is 0 Å². The highest BCUT2D eigenvalue weighted by atomic mass is 16.6. The van der Waals surface area contributed by atoms with Crippen molar-refractivity contribution in [2.24, 2.45) is 0 Å². The van der Waals surface area contributed by atoms with Crippen LogP contribution in [-0.2, 0) is 19.0 Å². The van der Waals surface area contributed by atoms with E-state index in [1.807, 2.05) is 13.8 Å². The minimum absolute atomic E-state index is 0.0312. The maximum Gasteiger partial charge on any atom is 0.195 e. The van der Waals surface area contributed by atoms with Gasteiger partial charge in [-0.15, -0.1) is 0 Å². The van der Waals surface area contributed by atoms with Gasteiger partial charge in [-0.2, -0.15) is 0 Å². The third-order valence-electron chi connectivity index (χ3n) is 2.35. The van der Waals surface area contributed by atoms with Crippen LogP contribution >= 0.6 is 0 Å². The van der Waals surface area contributed by atoms with Gasteiger partial charge >= 0.3 is 0 Å². The number of hydrogen-bond donors (Lipinski definition) is 0. The Kier molecular flexibility index (Phi) is 3.41. The number of ether oxygens (including phenoxy) is 3. The van der Waals surface area contributed by atoms with Crippen LogP contribution in [0, 0.1) is 0 Å². The minimum Gasteiger partial charge on any atom is -0.371 e. The number of ketones is 1. The number of methoxy groups -OCH3 is 2. The zero-order valence-corrected chi connectivity index (χ0v) is 8.44. The first-order valence-corrected chi connectivity index (χ1v) is 4.36. The lowest BCUT2D eigenvalue weighted by Gasteiger charge is -2.35. The number of hydrogen-bond acceptors (Lipinski definition) is 4. The van der Waals surface area contributed by atoms with Crippen LogP contribution in [-0.4, -0.2) is 44.4 Å². The summed E-state index contributed by atoms with van der Waals surface area (Å²) < 4.78 is 15.6. The Balaban J connectivity index is 2.75.